The van der Waals surface area contributed by atoms with Crippen molar-refractivity contribution in [2.24, 2.45) is 0 Å². The maximum absolute atomic E-state index is 6.00. The van der Waals surface area contributed by atoms with Gasteiger partial charge < -0.3 is 14.8 Å². The molecule has 2 aromatic carbocycles. The van der Waals surface area contributed by atoms with Crippen LogP contribution in [0.1, 0.15) is 30.9 Å². The topological polar surface area (TPSA) is 30.5 Å². The molecule has 1 aliphatic rings. The van der Waals surface area contributed by atoms with Crippen LogP contribution >= 0.6 is 27.5 Å². The molecule has 1 N–H and O–H groups in total. The molecule has 2 aromatic rings. The van der Waals surface area contributed by atoms with Crippen molar-refractivity contribution in [3.05, 3.63) is 57.0 Å². The van der Waals surface area contributed by atoms with E-state index in [1.807, 2.05) is 31.2 Å². The highest BCUT2D eigenvalue weighted by Crippen LogP contribution is 2.37. The third-order valence-electron chi connectivity index (χ3n) is 3.84. The highest BCUT2D eigenvalue weighted by atomic mass is 79.9. The summed E-state index contributed by atoms with van der Waals surface area (Å²) in [6.07, 6.45) is 2.56. The van der Waals surface area contributed by atoms with E-state index in [2.05, 4.69) is 33.4 Å². The monoisotopic (exact) mass is 409 g/mol. The number of nitrogens with one attached hydrogen (secondary N) is 1. The molecule has 0 spiro atoms. The molecule has 128 valence electrons. The second kappa shape index (κ2) is 8.24. The summed E-state index contributed by atoms with van der Waals surface area (Å²) < 4.78 is 12.7. The number of benzene rings is 2. The molecule has 1 fully saturated rings. The van der Waals surface area contributed by atoms with Gasteiger partial charge in [0.05, 0.1) is 11.1 Å². The fraction of sp³-hybridized carbons (Fsp3) is 0.368. The maximum atomic E-state index is 6.00. The zero-order valence-electron chi connectivity index (χ0n) is 13.6. The van der Waals surface area contributed by atoms with Crippen molar-refractivity contribution < 1.29 is 9.47 Å². The first-order valence-corrected chi connectivity index (χ1v) is 9.38. The molecule has 0 aliphatic heterocycles. The summed E-state index contributed by atoms with van der Waals surface area (Å²) in [5.74, 6) is 1.51. The second-order valence-electron chi connectivity index (χ2n) is 5.91. The fourth-order valence-corrected chi connectivity index (χ4v) is 3.14. The van der Waals surface area contributed by atoms with Crippen LogP contribution in [0.2, 0.25) is 5.02 Å². The van der Waals surface area contributed by atoms with Gasteiger partial charge in [0, 0.05) is 17.6 Å². The minimum absolute atomic E-state index is 0.468. The number of rotatable bonds is 8. The highest BCUT2D eigenvalue weighted by molar-refractivity contribution is 9.10. The van der Waals surface area contributed by atoms with E-state index in [0.717, 1.165) is 33.1 Å². The molecule has 0 amide bonds. The van der Waals surface area contributed by atoms with Crippen molar-refractivity contribution in [2.45, 2.75) is 39.0 Å². The molecule has 24 heavy (non-hydrogen) atoms. The zero-order chi connectivity index (χ0) is 16.9. The van der Waals surface area contributed by atoms with Gasteiger partial charge in [-0.15, -0.1) is 0 Å². The normalized spacial score (nSPS) is 13.8. The van der Waals surface area contributed by atoms with Gasteiger partial charge in [-0.2, -0.15) is 0 Å². The van der Waals surface area contributed by atoms with Crippen LogP contribution in [0.4, 0.5) is 0 Å². The Labute approximate surface area is 156 Å². The lowest BCUT2D eigenvalue weighted by Gasteiger charge is -2.16. The predicted molar refractivity (Wildman–Crippen MR) is 101 cm³/mol. The Balaban J connectivity index is 1.72. The molecule has 0 radical (unpaired) electrons. The van der Waals surface area contributed by atoms with Gasteiger partial charge in [0.25, 0.3) is 0 Å². The summed E-state index contributed by atoms with van der Waals surface area (Å²) in [5, 5.41) is 4.25. The smallest absolute Gasteiger partial charge is 0.175 e. The summed E-state index contributed by atoms with van der Waals surface area (Å²) in [4.78, 5) is 0. The average Bonchev–Trinajstić information content (AvgIpc) is 3.38. The van der Waals surface area contributed by atoms with Gasteiger partial charge in [-0.3, -0.25) is 0 Å². The molecule has 0 bridgehead atoms. The van der Waals surface area contributed by atoms with Crippen LogP contribution in [0.3, 0.4) is 0 Å². The summed E-state index contributed by atoms with van der Waals surface area (Å²) in [6, 6.07) is 12.5. The Kier molecular flexibility index (Phi) is 6.04. The molecule has 3 rings (SSSR count). The lowest BCUT2D eigenvalue weighted by Crippen LogP contribution is -2.15. The van der Waals surface area contributed by atoms with Crippen molar-refractivity contribution in [3.63, 3.8) is 0 Å². The standard InChI is InChI=1S/C19H21BrClNO2/c1-2-23-18-10-14(11-22-16-7-8-16)9-17(20)19(18)24-12-13-3-5-15(21)6-4-13/h3-6,9-10,16,22H,2,7-8,11-12H2,1H3. The molecule has 3 nitrogen and oxygen atoms in total. The molecule has 0 aromatic heterocycles. The quantitative estimate of drug-likeness (QED) is 0.638. The van der Waals surface area contributed by atoms with E-state index in [0.29, 0.717) is 19.3 Å². The first-order chi connectivity index (χ1) is 11.7. The van der Waals surface area contributed by atoms with Crippen LogP contribution in [-0.4, -0.2) is 12.6 Å². The third kappa shape index (κ3) is 4.88. The van der Waals surface area contributed by atoms with Gasteiger partial charge in [-0.25, -0.2) is 0 Å². The van der Waals surface area contributed by atoms with Gasteiger partial charge in [0.15, 0.2) is 11.5 Å². The van der Waals surface area contributed by atoms with E-state index in [1.54, 1.807) is 0 Å². The first kappa shape index (κ1) is 17.6. The summed E-state index contributed by atoms with van der Waals surface area (Å²) in [7, 11) is 0. The zero-order valence-corrected chi connectivity index (χ0v) is 16.0. The van der Waals surface area contributed by atoms with Crippen molar-refractivity contribution in [1.29, 1.82) is 0 Å². The Bertz CT molecular complexity index is 687. The largest absolute Gasteiger partial charge is 0.490 e. The van der Waals surface area contributed by atoms with Crippen LogP contribution in [0.15, 0.2) is 40.9 Å². The molecule has 0 saturated heterocycles. The van der Waals surface area contributed by atoms with E-state index in [9.17, 15) is 0 Å². The second-order valence-corrected chi connectivity index (χ2v) is 7.20. The van der Waals surface area contributed by atoms with E-state index in [-0.39, 0.29) is 0 Å². The average molecular weight is 411 g/mol. The lowest BCUT2D eigenvalue weighted by atomic mass is 10.2. The Morgan fingerprint density at radius 2 is 1.88 bits per heavy atom. The summed E-state index contributed by atoms with van der Waals surface area (Å²) >= 11 is 9.54. The minimum atomic E-state index is 0.468. The van der Waals surface area contributed by atoms with Gasteiger partial charge in [0.2, 0.25) is 0 Å². The van der Waals surface area contributed by atoms with E-state index in [1.165, 1.54) is 18.4 Å². The first-order valence-electron chi connectivity index (χ1n) is 8.21. The SMILES string of the molecule is CCOc1cc(CNC2CC2)cc(Br)c1OCc1ccc(Cl)cc1. The Morgan fingerprint density at radius 1 is 1.12 bits per heavy atom. The molecular weight excluding hydrogens is 390 g/mol. The molecule has 5 heteroatoms. The predicted octanol–water partition coefficient (Wildman–Crippen LogP) is 5.33. The van der Waals surface area contributed by atoms with Gasteiger partial charge in [-0.05, 0) is 71.1 Å². The Morgan fingerprint density at radius 3 is 2.54 bits per heavy atom. The van der Waals surface area contributed by atoms with Crippen molar-refractivity contribution in [3.8, 4) is 11.5 Å². The molecule has 1 saturated carbocycles. The molecular formula is C19H21BrClNO2. The molecule has 0 atom stereocenters. The molecule has 0 heterocycles. The van der Waals surface area contributed by atoms with Crippen LogP contribution < -0.4 is 14.8 Å². The van der Waals surface area contributed by atoms with E-state index >= 15 is 0 Å². The van der Waals surface area contributed by atoms with E-state index < -0.39 is 0 Å². The number of halogens is 2. The van der Waals surface area contributed by atoms with Crippen LogP contribution in [-0.2, 0) is 13.2 Å². The minimum Gasteiger partial charge on any atom is -0.490 e. The van der Waals surface area contributed by atoms with Crippen LogP contribution in [0, 0.1) is 0 Å². The third-order valence-corrected chi connectivity index (χ3v) is 4.68. The van der Waals surface area contributed by atoms with Gasteiger partial charge in [-0.1, -0.05) is 23.7 Å². The molecule has 0 unspecified atom stereocenters. The maximum Gasteiger partial charge on any atom is 0.175 e. The highest BCUT2D eigenvalue weighted by Gasteiger charge is 2.20. The van der Waals surface area contributed by atoms with Gasteiger partial charge >= 0.3 is 0 Å². The summed E-state index contributed by atoms with van der Waals surface area (Å²) in [6.45, 7) is 3.89. The van der Waals surface area contributed by atoms with E-state index in [4.69, 9.17) is 21.1 Å². The van der Waals surface area contributed by atoms with Crippen LogP contribution in [0.25, 0.3) is 0 Å². The van der Waals surface area contributed by atoms with Crippen molar-refractivity contribution in [2.75, 3.05) is 6.61 Å². The van der Waals surface area contributed by atoms with Crippen molar-refractivity contribution in [1.82, 2.24) is 5.32 Å². The number of hydrogen-bond acceptors (Lipinski definition) is 3. The number of hydrogen-bond donors (Lipinski definition) is 1. The Hall–Kier alpha value is -1.23. The molecule has 1 aliphatic carbocycles. The van der Waals surface area contributed by atoms with Gasteiger partial charge in [0.1, 0.15) is 6.61 Å². The van der Waals surface area contributed by atoms with Crippen LogP contribution in [0.5, 0.6) is 11.5 Å². The summed E-state index contributed by atoms with van der Waals surface area (Å²) in [5.41, 5.74) is 2.25. The number of ether oxygens (including phenoxy) is 2. The van der Waals surface area contributed by atoms with Crippen molar-refractivity contribution >= 4 is 27.5 Å². The lowest BCUT2D eigenvalue weighted by molar-refractivity contribution is 0.267. The fourth-order valence-electron chi connectivity index (χ4n) is 2.41.